The van der Waals surface area contributed by atoms with Gasteiger partial charge in [-0.1, -0.05) is 6.92 Å². The molecule has 0 aliphatic heterocycles. The molecule has 2 N–H and O–H groups in total. The van der Waals surface area contributed by atoms with Gasteiger partial charge in [0.05, 0.1) is 11.5 Å². The van der Waals surface area contributed by atoms with Gasteiger partial charge in [-0.3, -0.25) is 10.1 Å². The van der Waals surface area contributed by atoms with Gasteiger partial charge in [-0.25, -0.2) is 9.97 Å². The molecule has 2 heterocycles. The predicted molar refractivity (Wildman–Crippen MR) is 79.3 cm³/mol. The molecule has 0 saturated carbocycles. The van der Waals surface area contributed by atoms with Crippen molar-refractivity contribution in [1.82, 2.24) is 9.97 Å². The number of nitrogens with zero attached hydrogens (tertiary/aromatic N) is 3. The monoisotopic (exact) mass is 293 g/mol. The fourth-order valence-corrected chi connectivity index (χ4v) is 2.42. The van der Waals surface area contributed by atoms with Gasteiger partial charge in [0.25, 0.3) is 0 Å². The van der Waals surface area contributed by atoms with Crippen molar-refractivity contribution in [3.05, 3.63) is 38.3 Å². The molecule has 7 nitrogen and oxygen atoms in total. The number of nitro groups is 1. The van der Waals surface area contributed by atoms with Gasteiger partial charge in [-0.2, -0.15) is 0 Å². The van der Waals surface area contributed by atoms with Crippen LogP contribution in [0.5, 0.6) is 0 Å². The molecule has 2 aromatic heterocycles. The molecule has 0 aliphatic rings. The van der Waals surface area contributed by atoms with Crippen molar-refractivity contribution in [3.8, 4) is 0 Å². The molecular weight excluding hydrogens is 278 g/mol. The number of aryl methyl sites for hydroxylation is 1. The molecule has 106 valence electrons. The molecule has 0 fully saturated rings. The summed E-state index contributed by atoms with van der Waals surface area (Å²) in [5, 5.41) is 17.7. The molecule has 2 rings (SSSR count). The lowest BCUT2D eigenvalue weighted by molar-refractivity contribution is -0.384. The summed E-state index contributed by atoms with van der Waals surface area (Å²) in [6, 6.07) is 3.00. The normalized spacial score (nSPS) is 10.3. The van der Waals surface area contributed by atoms with Gasteiger partial charge in [0.1, 0.15) is 10.8 Å². The molecule has 0 unspecified atom stereocenters. The fraction of sp³-hybridized carbons (Fsp3) is 0.333. The second-order valence-electron chi connectivity index (χ2n) is 4.00. The van der Waals surface area contributed by atoms with Crippen molar-refractivity contribution >= 4 is 28.7 Å². The quantitative estimate of drug-likeness (QED) is 0.628. The third-order valence-electron chi connectivity index (χ3n) is 2.68. The average Bonchev–Trinajstić information content (AvgIpc) is 2.92. The standard InChI is InChI=1S/C12H15N5O2S/c1-3-8-6-14-11(20-8)7-15-12-9(17(18)19)4-5-10(13-2)16-12/h4-6H,3,7H2,1-2H3,(H2,13,15,16). The summed E-state index contributed by atoms with van der Waals surface area (Å²) < 4.78 is 0. The maximum atomic E-state index is 11.0. The molecule has 0 atom stereocenters. The van der Waals surface area contributed by atoms with E-state index in [9.17, 15) is 10.1 Å². The van der Waals surface area contributed by atoms with E-state index in [4.69, 9.17) is 0 Å². The first-order valence-corrected chi connectivity index (χ1v) is 6.96. The third kappa shape index (κ3) is 3.21. The Morgan fingerprint density at radius 1 is 1.45 bits per heavy atom. The fourth-order valence-electron chi connectivity index (χ4n) is 1.62. The van der Waals surface area contributed by atoms with E-state index >= 15 is 0 Å². The molecule has 20 heavy (non-hydrogen) atoms. The van der Waals surface area contributed by atoms with E-state index in [0.29, 0.717) is 12.4 Å². The van der Waals surface area contributed by atoms with Gasteiger partial charge in [0.15, 0.2) is 0 Å². The van der Waals surface area contributed by atoms with Crippen molar-refractivity contribution in [3.63, 3.8) is 0 Å². The van der Waals surface area contributed by atoms with E-state index in [2.05, 4.69) is 27.5 Å². The highest BCUT2D eigenvalue weighted by Gasteiger charge is 2.16. The van der Waals surface area contributed by atoms with Crippen molar-refractivity contribution in [2.75, 3.05) is 17.7 Å². The number of hydrogen-bond acceptors (Lipinski definition) is 7. The molecule has 0 amide bonds. The maximum absolute atomic E-state index is 11.0. The summed E-state index contributed by atoms with van der Waals surface area (Å²) >= 11 is 1.59. The predicted octanol–water partition coefficient (Wildman–Crippen LogP) is 2.66. The van der Waals surface area contributed by atoms with Crippen LogP contribution < -0.4 is 10.6 Å². The second-order valence-corrected chi connectivity index (χ2v) is 5.20. The third-order valence-corrected chi connectivity index (χ3v) is 3.83. The Labute approximate surface area is 120 Å². The summed E-state index contributed by atoms with van der Waals surface area (Å²) in [5.74, 6) is 0.821. The number of anilines is 2. The highest BCUT2D eigenvalue weighted by molar-refractivity contribution is 7.11. The van der Waals surface area contributed by atoms with E-state index in [0.717, 1.165) is 11.4 Å². The van der Waals surface area contributed by atoms with Gasteiger partial charge in [-0.05, 0) is 12.5 Å². The van der Waals surface area contributed by atoms with Crippen LogP contribution in [0.1, 0.15) is 16.8 Å². The summed E-state index contributed by atoms with van der Waals surface area (Å²) in [6.45, 7) is 2.49. The lowest BCUT2D eigenvalue weighted by atomic mass is 10.3. The first-order valence-electron chi connectivity index (χ1n) is 6.14. The molecule has 0 aliphatic carbocycles. The molecule has 0 aromatic carbocycles. The van der Waals surface area contributed by atoms with E-state index in [1.807, 2.05) is 6.20 Å². The topological polar surface area (TPSA) is 93.0 Å². The van der Waals surface area contributed by atoms with Crippen LogP contribution in [0.3, 0.4) is 0 Å². The summed E-state index contributed by atoms with van der Waals surface area (Å²) in [6.07, 6.45) is 2.76. The molecule has 8 heteroatoms. The van der Waals surface area contributed by atoms with Crippen LogP contribution in [0.2, 0.25) is 0 Å². The van der Waals surface area contributed by atoms with Crippen molar-refractivity contribution in [1.29, 1.82) is 0 Å². The number of pyridine rings is 1. The van der Waals surface area contributed by atoms with E-state index in [1.54, 1.807) is 24.5 Å². The van der Waals surface area contributed by atoms with Crippen LogP contribution in [0.25, 0.3) is 0 Å². The summed E-state index contributed by atoms with van der Waals surface area (Å²) in [4.78, 5) is 20.1. The molecule has 0 spiro atoms. The zero-order valence-electron chi connectivity index (χ0n) is 11.2. The molecule has 2 aromatic rings. The van der Waals surface area contributed by atoms with Gasteiger partial charge < -0.3 is 10.6 Å². The molecule has 0 bridgehead atoms. The van der Waals surface area contributed by atoms with Gasteiger partial charge >= 0.3 is 5.69 Å². The minimum absolute atomic E-state index is 0.0451. The Morgan fingerprint density at radius 2 is 2.25 bits per heavy atom. The molecule has 0 saturated heterocycles. The lowest BCUT2D eigenvalue weighted by Crippen LogP contribution is -2.06. The Balaban J connectivity index is 2.16. The van der Waals surface area contributed by atoms with E-state index in [-0.39, 0.29) is 11.5 Å². The van der Waals surface area contributed by atoms with Gasteiger partial charge in [-0.15, -0.1) is 11.3 Å². The van der Waals surface area contributed by atoms with Crippen LogP contribution in [-0.4, -0.2) is 21.9 Å². The average molecular weight is 293 g/mol. The Morgan fingerprint density at radius 3 is 2.85 bits per heavy atom. The van der Waals surface area contributed by atoms with Gasteiger partial charge in [0.2, 0.25) is 5.82 Å². The SMILES string of the molecule is CCc1cnc(CNc2nc(NC)ccc2[N+](=O)[O-])s1. The van der Waals surface area contributed by atoms with Crippen molar-refractivity contribution in [2.45, 2.75) is 19.9 Å². The minimum atomic E-state index is -0.450. The largest absolute Gasteiger partial charge is 0.373 e. The summed E-state index contributed by atoms with van der Waals surface area (Å²) in [7, 11) is 1.71. The number of rotatable bonds is 6. The van der Waals surface area contributed by atoms with Crippen LogP contribution in [0.15, 0.2) is 18.3 Å². The zero-order valence-corrected chi connectivity index (χ0v) is 12.0. The smallest absolute Gasteiger partial charge is 0.311 e. The highest BCUT2D eigenvalue weighted by Crippen LogP contribution is 2.25. The Bertz CT molecular complexity index is 614. The van der Waals surface area contributed by atoms with Crippen LogP contribution >= 0.6 is 11.3 Å². The lowest BCUT2D eigenvalue weighted by Gasteiger charge is -2.06. The van der Waals surface area contributed by atoms with Crippen molar-refractivity contribution in [2.24, 2.45) is 0 Å². The van der Waals surface area contributed by atoms with Gasteiger partial charge in [0, 0.05) is 24.2 Å². The first kappa shape index (κ1) is 14.2. The number of thiazole rings is 1. The number of nitrogens with one attached hydrogen (secondary N) is 2. The Hall–Kier alpha value is -2.22. The molecular formula is C12H15N5O2S. The van der Waals surface area contributed by atoms with Crippen LogP contribution in [0.4, 0.5) is 17.3 Å². The Kier molecular flexibility index (Phi) is 4.46. The van der Waals surface area contributed by atoms with Crippen LogP contribution in [0, 0.1) is 10.1 Å². The number of hydrogen-bond donors (Lipinski definition) is 2. The van der Waals surface area contributed by atoms with E-state index < -0.39 is 4.92 Å². The van der Waals surface area contributed by atoms with Crippen molar-refractivity contribution < 1.29 is 4.92 Å². The second kappa shape index (κ2) is 6.29. The number of aromatic nitrogens is 2. The highest BCUT2D eigenvalue weighted by atomic mass is 32.1. The zero-order chi connectivity index (χ0) is 14.5. The first-order chi connectivity index (χ1) is 9.63. The van der Waals surface area contributed by atoms with E-state index in [1.165, 1.54) is 10.9 Å². The maximum Gasteiger partial charge on any atom is 0.311 e. The molecule has 0 radical (unpaired) electrons. The van der Waals surface area contributed by atoms with Crippen LogP contribution in [-0.2, 0) is 13.0 Å². The minimum Gasteiger partial charge on any atom is -0.373 e. The summed E-state index contributed by atoms with van der Waals surface area (Å²) in [5.41, 5.74) is -0.0451.